The molecule has 5 nitrogen and oxygen atoms in total. The minimum atomic E-state index is -0.425. The van der Waals surface area contributed by atoms with Crippen LogP contribution in [0.1, 0.15) is 17.7 Å². The van der Waals surface area contributed by atoms with E-state index in [1.54, 1.807) is 12.1 Å². The average Bonchev–Trinajstić information content (AvgIpc) is 3.06. The standard InChI is InChI=1S/C21H18ClN3O2S/c22-12-5-6-18-17(9-12)24-21(27)19(28-18)10-20(26)25-8-7-16-14(11-25)13-3-1-2-4-15(13)23-16/h1-6,9,19,23H,7-8,10-11H2,(H,24,27)/t19-/m1/s1. The highest BCUT2D eigenvalue weighted by Gasteiger charge is 2.32. The number of hydrogen-bond donors (Lipinski definition) is 2. The zero-order valence-corrected chi connectivity index (χ0v) is 16.6. The molecule has 2 amide bonds. The Kier molecular flexibility index (Phi) is 4.33. The molecule has 142 valence electrons. The minimum absolute atomic E-state index is 0.0148. The van der Waals surface area contributed by atoms with E-state index in [4.69, 9.17) is 11.6 Å². The Bertz CT molecular complexity index is 1110. The summed E-state index contributed by atoms with van der Waals surface area (Å²) in [6, 6.07) is 13.6. The Balaban J connectivity index is 1.32. The van der Waals surface area contributed by atoms with Crippen molar-refractivity contribution in [3.8, 4) is 0 Å². The monoisotopic (exact) mass is 411 g/mol. The van der Waals surface area contributed by atoms with E-state index < -0.39 is 5.25 Å². The number of H-pyrrole nitrogens is 1. The van der Waals surface area contributed by atoms with Gasteiger partial charge in [-0.1, -0.05) is 29.8 Å². The highest BCUT2D eigenvalue weighted by molar-refractivity contribution is 8.01. The van der Waals surface area contributed by atoms with Gasteiger partial charge < -0.3 is 15.2 Å². The first kappa shape index (κ1) is 17.6. The fourth-order valence-electron chi connectivity index (χ4n) is 3.92. The molecule has 1 aromatic heterocycles. The lowest BCUT2D eigenvalue weighted by molar-refractivity contribution is -0.133. The molecule has 0 saturated heterocycles. The number of nitrogens with one attached hydrogen (secondary N) is 2. The molecule has 0 radical (unpaired) electrons. The molecule has 28 heavy (non-hydrogen) atoms. The largest absolute Gasteiger partial charge is 0.358 e. The highest BCUT2D eigenvalue weighted by Crippen LogP contribution is 2.38. The van der Waals surface area contributed by atoms with Crippen molar-refractivity contribution in [2.24, 2.45) is 0 Å². The van der Waals surface area contributed by atoms with Crippen molar-refractivity contribution in [1.29, 1.82) is 0 Å². The van der Waals surface area contributed by atoms with Gasteiger partial charge in [0.05, 0.1) is 10.9 Å². The van der Waals surface area contributed by atoms with Crippen molar-refractivity contribution in [2.45, 2.75) is 29.5 Å². The van der Waals surface area contributed by atoms with Crippen LogP contribution in [0.25, 0.3) is 10.9 Å². The fraction of sp³-hybridized carbons (Fsp3) is 0.238. The molecular formula is C21H18ClN3O2S. The van der Waals surface area contributed by atoms with Gasteiger partial charge in [0.25, 0.3) is 0 Å². The number of carbonyl (C=O) groups excluding carboxylic acids is 2. The summed E-state index contributed by atoms with van der Waals surface area (Å²) in [7, 11) is 0. The number of nitrogens with zero attached hydrogens (tertiary/aromatic N) is 1. The van der Waals surface area contributed by atoms with Crippen LogP contribution in [0.5, 0.6) is 0 Å². The van der Waals surface area contributed by atoms with Gasteiger partial charge in [-0.25, -0.2) is 0 Å². The maximum absolute atomic E-state index is 12.9. The SMILES string of the molecule is O=C1Nc2cc(Cl)ccc2S[C@@H]1CC(=O)N1CCc2[nH]c3ccccc3c2C1. The topological polar surface area (TPSA) is 65.2 Å². The van der Waals surface area contributed by atoms with E-state index in [0.29, 0.717) is 23.8 Å². The van der Waals surface area contributed by atoms with Gasteiger partial charge in [-0.3, -0.25) is 9.59 Å². The minimum Gasteiger partial charge on any atom is -0.358 e. The molecule has 0 spiro atoms. The van der Waals surface area contributed by atoms with Gasteiger partial charge in [-0.2, -0.15) is 0 Å². The lowest BCUT2D eigenvalue weighted by Crippen LogP contribution is -2.40. The van der Waals surface area contributed by atoms with Gasteiger partial charge in [-0.15, -0.1) is 11.8 Å². The van der Waals surface area contributed by atoms with E-state index in [9.17, 15) is 9.59 Å². The smallest absolute Gasteiger partial charge is 0.238 e. The predicted molar refractivity (Wildman–Crippen MR) is 112 cm³/mol. The Labute approximate surface area is 171 Å². The Morgan fingerprint density at radius 2 is 2.11 bits per heavy atom. The summed E-state index contributed by atoms with van der Waals surface area (Å²) in [5.74, 6) is -0.126. The van der Waals surface area contributed by atoms with Gasteiger partial charge in [0, 0.05) is 58.0 Å². The van der Waals surface area contributed by atoms with Gasteiger partial charge in [0.1, 0.15) is 0 Å². The molecule has 2 aromatic carbocycles. The first-order valence-corrected chi connectivity index (χ1v) is 10.5. The third kappa shape index (κ3) is 3.06. The van der Waals surface area contributed by atoms with Crippen molar-refractivity contribution >= 4 is 51.8 Å². The summed E-state index contributed by atoms with van der Waals surface area (Å²) in [5, 5.41) is 4.20. The zero-order valence-electron chi connectivity index (χ0n) is 15.0. The van der Waals surface area contributed by atoms with Crippen molar-refractivity contribution in [3.05, 3.63) is 58.7 Å². The lowest BCUT2D eigenvalue weighted by Gasteiger charge is -2.30. The number of carbonyl (C=O) groups is 2. The number of aromatic nitrogens is 1. The Morgan fingerprint density at radius 3 is 3.00 bits per heavy atom. The van der Waals surface area contributed by atoms with E-state index in [1.165, 1.54) is 28.4 Å². The van der Waals surface area contributed by atoms with E-state index in [2.05, 4.69) is 22.4 Å². The molecular weight excluding hydrogens is 394 g/mol. The van der Waals surface area contributed by atoms with Crippen LogP contribution in [0.15, 0.2) is 47.4 Å². The van der Waals surface area contributed by atoms with Crippen LogP contribution in [-0.4, -0.2) is 33.5 Å². The number of halogens is 1. The second-order valence-corrected chi connectivity index (χ2v) is 8.81. The average molecular weight is 412 g/mol. The van der Waals surface area contributed by atoms with Crippen molar-refractivity contribution in [2.75, 3.05) is 11.9 Å². The number of amides is 2. The van der Waals surface area contributed by atoms with Crippen LogP contribution >= 0.6 is 23.4 Å². The Morgan fingerprint density at radius 1 is 1.25 bits per heavy atom. The maximum atomic E-state index is 12.9. The molecule has 5 rings (SSSR count). The lowest BCUT2D eigenvalue weighted by atomic mass is 10.0. The number of benzene rings is 2. The van der Waals surface area contributed by atoms with Gasteiger partial charge in [0.2, 0.25) is 11.8 Å². The molecule has 2 aliphatic rings. The maximum Gasteiger partial charge on any atom is 0.238 e. The van der Waals surface area contributed by atoms with Crippen molar-refractivity contribution < 1.29 is 9.59 Å². The summed E-state index contributed by atoms with van der Waals surface area (Å²) < 4.78 is 0. The quantitative estimate of drug-likeness (QED) is 0.663. The number of aromatic amines is 1. The number of fused-ring (bicyclic) bond motifs is 4. The first-order chi connectivity index (χ1) is 13.6. The van der Waals surface area contributed by atoms with Crippen LogP contribution < -0.4 is 5.32 Å². The van der Waals surface area contributed by atoms with Gasteiger partial charge >= 0.3 is 0 Å². The second-order valence-electron chi connectivity index (χ2n) is 7.13. The molecule has 2 aliphatic heterocycles. The van der Waals surface area contributed by atoms with Crippen LogP contribution in [-0.2, 0) is 22.6 Å². The third-order valence-electron chi connectivity index (χ3n) is 5.36. The summed E-state index contributed by atoms with van der Waals surface area (Å²) in [4.78, 5) is 31.7. The molecule has 0 saturated carbocycles. The molecule has 2 N–H and O–H groups in total. The molecule has 3 aromatic rings. The summed E-state index contributed by atoms with van der Waals surface area (Å²) in [6.45, 7) is 1.26. The summed E-state index contributed by atoms with van der Waals surface area (Å²) >= 11 is 7.43. The molecule has 1 atom stereocenters. The van der Waals surface area contributed by atoms with Crippen LogP contribution in [0.3, 0.4) is 0 Å². The highest BCUT2D eigenvalue weighted by atomic mass is 35.5. The Hall–Kier alpha value is -2.44. The molecule has 3 heterocycles. The second kappa shape index (κ2) is 6.87. The van der Waals surface area contributed by atoms with E-state index >= 15 is 0 Å². The molecule has 0 unspecified atom stereocenters. The molecule has 0 fully saturated rings. The summed E-state index contributed by atoms with van der Waals surface area (Å²) in [6.07, 6.45) is 0.997. The zero-order chi connectivity index (χ0) is 19.3. The number of anilines is 1. The molecule has 0 bridgehead atoms. The molecule has 7 heteroatoms. The number of hydrogen-bond acceptors (Lipinski definition) is 3. The number of rotatable bonds is 2. The van der Waals surface area contributed by atoms with Crippen LogP contribution in [0.4, 0.5) is 5.69 Å². The van der Waals surface area contributed by atoms with E-state index in [0.717, 1.165) is 16.8 Å². The number of thioether (sulfide) groups is 1. The molecule has 0 aliphatic carbocycles. The third-order valence-corrected chi connectivity index (χ3v) is 6.87. The normalized spacial score (nSPS) is 18.5. The van der Waals surface area contributed by atoms with Crippen molar-refractivity contribution in [3.63, 3.8) is 0 Å². The van der Waals surface area contributed by atoms with Crippen LogP contribution in [0.2, 0.25) is 5.02 Å². The van der Waals surface area contributed by atoms with Crippen molar-refractivity contribution in [1.82, 2.24) is 9.88 Å². The van der Waals surface area contributed by atoms with Gasteiger partial charge in [0.15, 0.2) is 0 Å². The first-order valence-electron chi connectivity index (χ1n) is 9.22. The number of para-hydroxylation sites is 1. The van der Waals surface area contributed by atoms with Gasteiger partial charge in [-0.05, 0) is 24.3 Å². The van der Waals surface area contributed by atoms with Crippen LogP contribution in [0, 0.1) is 0 Å². The van der Waals surface area contributed by atoms with E-state index in [-0.39, 0.29) is 18.2 Å². The summed E-state index contributed by atoms with van der Waals surface area (Å²) in [5.41, 5.74) is 4.23. The predicted octanol–water partition coefficient (Wildman–Crippen LogP) is 4.21. The fourth-order valence-corrected chi connectivity index (χ4v) is 5.18. The van der Waals surface area contributed by atoms with E-state index in [1.807, 2.05) is 23.1 Å².